The number of hydrogen-bond donors (Lipinski definition) is 2. The smallest absolute Gasteiger partial charge is 0.334 e. The molecule has 0 heterocycles. The van der Waals surface area contributed by atoms with Crippen molar-refractivity contribution in [1.82, 2.24) is 5.32 Å². The zero-order valence-electron chi connectivity index (χ0n) is 16.4. The molecule has 2 N–H and O–H groups in total. The number of methoxy groups -OCH3 is 3. The molecule has 7 nitrogen and oxygen atoms in total. The Bertz CT molecular complexity index is 811. The monoisotopic (exact) mass is 387 g/mol. The summed E-state index contributed by atoms with van der Waals surface area (Å²) in [6, 6.07) is 12.0. The van der Waals surface area contributed by atoms with Gasteiger partial charge in [-0.1, -0.05) is 37.3 Å². The summed E-state index contributed by atoms with van der Waals surface area (Å²) in [7, 11) is 4.47. The lowest BCUT2D eigenvalue weighted by Crippen LogP contribution is -2.52. The third-order valence-electron chi connectivity index (χ3n) is 4.60. The molecule has 0 radical (unpaired) electrons. The summed E-state index contributed by atoms with van der Waals surface area (Å²) in [6.45, 7) is 1.72. The van der Waals surface area contributed by atoms with Gasteiger partial charge in [0.2, 0.25) is 11.7 Å². The van der Waals surface area contributed by atoms with Crippen LogP contribution in [0, 0.1) is 0 Å². The van der Waals surface area contributed by atoms with Gasteiger partial charge in [0, 0.05) is 0 Å². The van der Waals surface area contributed by atoms with Gasteiger partial charge < -0.3 is 24.6 Å². The first kappa shape index (κ1) is 21.1. The van der Waals surface area contributed by atoms with Gasteiger partial charge in [-0.25, -0.2) is 4.79 Å². The Labute approximate surface area is 164 Å². The summed E-state index contributed by atoms with van der Waals surface area (Å²) in [5.41, 5.74) is -0.377. The zero-order valence-corrected chi connectivity index (χ0v) is 16.4. The number of carbonyl (C=O) groups is 2. The normalized spacial score (nSPS) is 12.6. The number of carboxylic acid groups (broad SMARTS) is 1. The number of rotatable bonds is 9. The maximum absolute atomic E-state index is 12.7. The Kier molecular flexibility index (Phi) is 6.87. The Balaban J connectivity index is 2.32. The molecule has 0 fully saturated rings. The molecule has 1 atom stereocenters. The molecule has 1 unspecified atom stereocenters. The highest BCUT2D eigenvalue weighted by atomic mass is 16.5. The van der Waals surface area contributed by atoms with Crippen LogP contribution in [0.15, 0.2) is 42.5 Å². The van der Waals surface area contributed by atoms with Crippen molar-refractivity contribution >= 4 is 11.9 Å². The topological polar surface area (TPSA) is 94.1 Å². The van der Waals surface area contributed by atoms with Crippen molar-refractivity contribution in [2.75, 3.05) is 21.3 Å². The van der Waals surface area contributed by atoms with E-state index in [-0.39, 0.29) is 12.8 Å². The fraction of sp³-hybridized carbons (Fsp3) is 0.333. The van der Waals surface area contributed by atoms with Crippen molar-refractivity contribution in [3.63, 3.8) is 0 Å². The molecule has 28 heavy (non-hydrogen) atoms. The lowest BCUT2D eigenvalue weighted by molar-refractivity contribution is -0.148. The van der Waals surface area contributed by atoms with Crippen LogP contribution in [0.1, 0.15) is 24.5 Å². The second-order valence-electron chi connectivity index (χ2n) is 6.19. The van der Waals surface area contributed by atoms with E-state index in [4.69, 9.17) is 14.2 Å². The van der Waals surface area contributed by atoms with Crippen LogP contribution in [0.25, 0.3) is 0 Å². The van der Waals surface area contributed by atoms with Crippen LogP contribution < -0.4 is 19.5 Å². The van der Waals surface area contributed by atoms with Crippen LogP contribution in [0.5, 0.6) is 17.2 Å². The maximum atomic E-state index is 12.7. The van der Waals surface area contributed by atoms with Crippen LogP contribution in [0.3, 0.4) is 0 Å². The number of nitrogens with one attached hydrogen (secondary N) is 1. The summed E-state index contributed by atoms with van der Waals surface area (Å²) in [5.74, 6) is -0.269. The molecule has 0 saturated heterocycles. The minimum Gasteiger partial charge on any atom is -0.493 e. The van der Waals surface area contributed by atoms with Crippen molar-refractivity contribution in [1.29, 1.82) is 0 Å². The molecule has 0 saturated carbocycles. The average molecular weight is 387 g/mol. The third-order valence-corrected chi connectivity index (χ3v) is 4.60. The molecule has 0 aliphatic carbocycles. The Hall–Kier alpha value is -3.22. The predicted octanol–water partition coefficient (Wildman–Crippen LogP) is 2.76. The lowest BCUT2D eigenvalue weighted by atomic mass is 9.87. The van der Waals surface area contributed by atoms with Crippen LogP contribution >= 0.6 is 0 Å². The van der Waals surface area contributed by atoms with Gasteiger partial charge in [0.15, 0.2) is 17.0 Å². The number of carboxylic acids is 1. The molecule has 2 aromatic carbocycles. The van der Waals surface area contributed by atoms with Gasteiger partial charge >= 0.3 is 5.97 Å². The molecule has 2 aromatic rings. The summed E-state index contributed by atoms with van der Waals surface area (Å²) in [4.78, 5) is 24.8. The van der Waals surface area contributed by atoms with Gasteiger partial charge in [0.1, 0.15) is 0 Å². The van der Waals surface area contributed by atoms with E-state index in [1.54, 1.807) is 49.4 Å². The van der Waals surface area contributed by atoms with E-state index in [2.05, 4.69) is 5.32 Å². The molecule has 150 valence electrons. The standard InChI is InChI=1S/C21H25NO6/c1-5-21(20(24)25,15-9-7-6-8-10-15)22-18(23)13-14-11-16(26-2)19(28-4)17(12-14)27-3/h6-12H,5,13H2,1-4H3,(H,22,23)(H,24,25). The van der Waals surface area contributed by atoms with Crippen molar-refractivity contribution in [3.05, 3.63) is 53.6 Å². The number of benzene rings is 2. The van der Waals surface area contributed by atoms with Gasteiger partial charge in [-0.2, -0.15) is 0 Å². The molecule has 0 aromatic heterocycles. The van der Waals surface area contributed by atoms with E-state index in [0.717, 1.165) is 0 Å². The van der Waals surface area contributed by atoms with E-state index in [9.17, 15) is 14.7 Å². The van der Waals surface area contributed by atoms with Crippen LogP contribution in [-0.2, 0) is 21.5 Å². The number of amides is 1. The highest BCUT2D eigenvalue weighted by Crippen LogP contribution is 2.38. The van der Waals surface area contributed by atoms with Crippen LogP contribution in [-0.4, -0.2) is 38.3 Å². The first-order chi connectivity index (χ1) is 13.4. The molecular formula is C21H25NO6. The van der Waals surface area contributed by atoms with E-state index < -0.39 is 17.4 Å². The zero-order chi connectivity index (χ0) is 20.7. The first-order valence-corrected chi connectivity index (χ1v) is 8.80. The minimum absolute atomic E-state index is 0.0431. The fourth-order valence-corrected chi connectivity index (χ4v) is 3.12. The molecule has 7 heteroatoms. The van der Waals surface area contributed by atoms with Crippen LogP contribution in [0.2, 0.25) is 0 Å². The van der Waals surface area contributed by atoms with Gasteiger partial charge in [0.05, 0.1) is 27.8 Å². The minimum atomic E-state index is -1.50. The van der Waals surface area contributed by atoms with E-state index >= 15 is 0 Å². The number of carbonyl (C=O) groups excluding carboxylic acids is 1. The third kappa shape index (κ3) is 4.19. The molecule has 0 aliphatic heterocycles. The predicted molar refractivity (Wildman–Crippen MR) is 104 cm³/mol. The second-order valence-corrected chi connectivity index (χ2v) is 6.19. The largest absolute Gasteiger partial charge is 0.493 e. The Morgan fingerprint density at radius 1 is 1.00 bits per heavy atom. The Morgan fingerprint density at radius 3 is 2.00 bits per heavy atom. The van der Waals surface area contributed by atoms with Crippen molar-refractivity contribution in [3.8, 4) is 17.2 Å². The quantitative estimate of drug-likeness (QED) is 0.687. The fourth-order valence-electron chi connectivity index (χ4n) is 3.12. The first-order valence-electron chi connectivity index (χ1n) is 8.80. The van der Waals surface area contributed by atoms with Crippen molar-refractivity contribution in [2.45, 2.75) is 25.3 Å². The Morgan fingerprint density at radius 2 is 1.57 bits per heavy atom. The summed E-state index contributed by atoms with van der Waals surface area (Å²) in [6.07, 6.45) is 0.159. The van der Waals surface area contributed by atoms with Gasteiger partial charge in [0.25, 0.3) is 0 Å². The van der Waals surface area contributed by atoms with Crippen molar-refractivity contribution < 1.29 is 28.9 Å². The SMILES string of the molecule is CCC(NC(=O)Cc1cc(OC)c(OC)c(OC)c1)(C(=O)O)c1ccccc1. The molecule has 0 bridgehead atoms. The molecule has 1 amide bonds. The molecular weight excluding hydrogens is 362 g/mol. The number of hydrogen-bond acceptors (Lipinski definition) is 5. The van der Waals surface area contributed by atoms with Gasteiger partial charge in [-0.15, -0.1) is 0 Å². The maximum Gasteiger partial charge on any atom is 0.334 e. The van der Waals surface area contributed by atoms with E-state index in [1.807, 2.05) is 0 Å². The number of aliphatic carboxylic acids is 1. The highest BCUT2D eigenvalue weighted by molar-refractivity contribution is 5.89. The molecule has 2 rings (SSSR count). The van der Waals surface area contributed by atoms with E-state index in [1.165, 1.54) is 21.3 Å². The van der Waals surface area contributed by atoms with Gasteiger partial charge in [-0.3, -0.25) is 4.79 Å². The summed E-state index contributed by atoms with van der Waals surface area (Å²) >= 11 is 0. The van der Waals surface area contributed by atoms with E-state index in [0.29, 0.717) is 28.4 Å². The average Bonchev–Trinajstić information content (AvgIpc) is 2.71. The number of ether oxygens (including phenoxy) is 3. The highest BCUT2D eigenvalue weighted by Gasteiger charge is 2.40. The second kappa shape index (κ2) is 9.12. The molecule has 0 aliphatic rings. The lowest BCUT2D eigenvalue weighted by Gasteiger charge is -2.30. The van der Waals surface area contributed by atoms with Crippen LogP contribution in [0.4, 0.5) is 0 Å². The summed E-state index contributed by atoms with van der Waals surface area (Å²) < 4.78 is 15.9. The van der Waals surface area contributed by atoms with Gasteiger partial charge in [-0.05, 0) is 29.7 Å². The molecule has 0 spiro atoms. The van der Waals surface area contributed by atoms with Crippen molar-refractivity contribution in [2.24, 2.45) is 0 Å². The summed E-state index contributed by atoms with van der Waals surface area (Å²) in [5, 5.41) is 12.6.